The molecule has 0 saturated heterocycles. The molecule has 0 unspecified atom stereocenters. The Balaban J connectivity index is 1.62. The lowest BCUT2D eigenvalue weighted by molar-refractivity contribution is 0.0965. The van der Waals surface area contributed by atoms with E-state index in [0.29, 0.717) is 48.1 Å². The molecule has 0 bridgehead atoms. The number of aromatic nitrogens is 2. The van der Waals surface area contributed by atoms with Gasteiger partial charge in [-0.3, -0.25) is 14.2 Å². The van der Waals surface area contributed by atoms with E-state index in [9.17, 15) is 28.4 Å². The van der Waals surface area contributed by atoms with Gasteiger partial charge in [-0.2, -0.15) is 10.2 Å². The smallest absolute Gasteiger partial charge is 0.277 e. The van der Waals surface area contributed by atoms with Crippen LogP contribution in [0.4, 0.5) is 0 Å². The lowest BCUT2D eigenvalue weighted by Crippen LogP contribution is -2.33. The van der Waals surface area contributed by atoms with Crippen molar-refractivity contribution in [1.29, 1.82) is 5.26 Å². The van der Waals surface area contributed by atoms with Crippen molar-refractivity contribution in [2.75, 3.05) is 0 Å². The van der Waals surface area contributed by atoms with Crippen LogP contribution in [-0.4, -0.2) is 29.0 Å². The van der Waals surface area contributed by atoms with Crippen molar-refractivity contribution in [2.45, 2.75) is 61.9 Å². The number of fused-ring (bicyclic) bond motifs is 1. The summed E-state index contributed by atoms with van der Waals surface area (Å²) < 4.78 is 29.1. The third-order valence-electron chi connectivity index (χ3n) is 7.57. The number of benzene rings is 3. The molecule has 1 aliphatic rings. The molecule has 0 aliphatic carbocycles. The van der Waals surface area contributed by atoms with E-state index >= 15 is 0 Å². The molecule has 1 aliphatic heterocycles. The van der Waals surface area contributed by atoms with Crippen LogP contribution in [0.1, 0.15) is 72.0 Å². The predicted molar refractivity (Wildman–Crippen MR) is 157 cm³/mol. The molecule has 9 nitrogen and oxygen atoms in total. The minimum absolute atomic E-state index is 0.155. The van der Waals surface area contributed by atoms with Crippen molar-refractivity contribution >= 4 is 15.7 Å². The van der Waals surface area contributed by atoms with E-state index in [-0.39, 0.29) is 16.6 Å². The number of aryl methyl sites for hydroxylation is 1. The summed E-state index contributed by atoms with van der Waals surface area (Å²) in [6, 6.07) is 19.7. The molecule has 2 N–H and O–H groups in total. The molecule has 1 aromatic heterocycles. The molecule has 2 heterocycles. The van der Waals surface area contributed by atoms with Crippen LogP contribution in [0.5, 0.6) is 5.88 Å². The van der Waals surface area contributed by atoms with Crippen LogP contribution in [-0.2, 0) is 22.8 Å². The minimum Gasteiger partial charge on any atom is -0.492 e. The van der Waals surface area contributed by atoms with Gasteiger partial charge in [-0.1, -0.05) is 56.7 Å². The SMILES string of the molecule is CCCCc1nc(O)c(S(=O)(=O)c2ccc(-c3cccc4c3CNC4=O)cc2)c(=O)n1[C@@H](CC)c1cccc(C#N)c1. The van der Waals surface area contributed by atoms with Gasteiger partial charge in [0.05, 0.1) is 22.6 Å². The van der Waals surface area contributed by atoms with E-state index in [4.69, 9.17) is 0 Å². The topological polar surface area (TPSA) is 142 Å². The highest BCUT2D eigenvalue weighted by atomic mass is 32.2. The molecule has 1 amide bonds. The maximum absolute atomic E-state index is 14.0. The van der Waals surface area contributed by atoms with Gasteiger partial charge in [-0.05, 0) is 65.4 Å². The van der Waals surface area contributed by atoms with Crippen molar-refractivity contribution in [1.82, 2.24) is 14.9 Å². The largest absolute Gasteiger partial charge is 0.492 e. The van der Waals surface area contributed by atoms with Crippen LogP contribution >= 0.6 is 0 Å². The van der Waals surface area contributed by atoms with Gasteiger partial charge < -0.3 is 10.4 Å². The number of rotatable bonds is 9. The number of nitrogens with one attached hydrogen (secondary N) is 1. The Hall–Kier alpha value is -4.75. The number of aromatic hydroxyl groups is 1. The molecular weight excluding hydrogens is 552 g/mol. The summed E-state index contributed by atoms with van der Waals surface area (Å²) in [5.41, 5.74) is 3.13. The Bertz CT molecular complexity index is 1890. The van der Waals surface area contributed by atoms with Gasteiger partial charge in [-0.15, -0.1) is 0 Å². The first kappa shape index (κ1) is 28.8. The zero-order chi connectivity index (χ0) is 30.0. The highest BCUT2D eigenvalue weighted by molar-refractivity contribution is 7.91. The maximum atomic E-state index is 14.0. The summed E-state index contributed by atoms with van der Waals surface area (Å²) in [5, 5.41) is 23.1. The number of carbonyl (C=O) groups is 1. The lowest BCUT2D eigenvalue weighted by atomic mass is 9.97. The van der Waals surface area contributed by atoms with Crippen molar-refractivity contribution in [3.63, 3.8) is 0 Å². The molecule has 0 spiro atoms. The summed E-state index contributed by atoms with van der Waals surface area (Å²) in [6.45, 7) is 4.23. The zero-order valence-electron chi connectivity index (χ0n) is 23.3. The van der Waals surface area contributed by atoms with Crippen LogP contribution in [0.2, 0.25) is 0 Å². The Morgan fingerprint density at radius 3 is 2.45 bits per heavy atom. The summed E-state index contributed by atoms with van der Waals surface area (Å²) in [6.07, 6.45) is 2.27. The Morgan fingerprint density at radius 2 is 1.76 bits per heavy atom. The first-order valence-electron chi connectivity index (χ1n) is 13.8. The molecule has 214 valence electrons. The van der Waals surface area contributed by atoms with E-state index < -0.39 is 32.2 Å². The predicted octanol–water partition coefficient (Wildman–Crippen LogP) is 4.91. The maximum Gasteiger partial charge on any atom is 0.277 e. The number of nitriles is 1. The first-order valence-corrected chi connectivity index (χ1v) is 15.3. The van der Waals surface area contributed by atoms with Gasteiger partial charge in [0.1, 0.15) is 5.82 Å². The molecule has 5 rings (SSSR count). The van der Waals surface area contributed by atoms with E-state index in [1.165, 1.54) is 16.7 Å². The first-order chi connectivity index (χ1) is 20.2. The molecule has 0 radical (unpaired) electrons. The van der Waals surface area contributed by atoms with Gasteiger partial charge in [0.25, 0.3) is 11.5 Å². The molecule has 1 atom stereocenters. The fourth-order valence-corrected chi connectivity index (χ4v) is 6.80. The number of amides is 1. The van der Waals surface area contributed by atoms with Crippen LogP contribution < -0.4 is 10.9 Å². The van der Waals surface area contributed by atoms with Gasteiger partial charge in [0.2, 0.25) is 15.7 Å². The molecule has 10 heteroatoms. The standard InChI is InChI=1S/C32H30N4O5S/c1-3-5-12-28-35-31(38)29(32(39)36(28)27(4-2)22-9-6-8-20(17-22)18-33)42(40,41)23-15-13-21(14-16-23)24-10-7-11-25-26(24)19-34-30(25)37/h6-11,13-17,27,38H,3-5,12,19H2,1-2H3,(H,34,37)/t27-/m0/s1. The van der Waals surface area contributed by atoms with E-state index in [1.54, 1.807) is 48.5 Å². The molecule has 0 fully saturated rings. The average molecular weight is 583 g/mol. The van der Waals surface area contributed by atoms with Crippen molar-refractivity contribution < 1.29 is 18.3 Å². The van der Waals surface area contributed by atoms with Gasteiger partial charge in [-0.25, -0.2) is 8.42 Å². The van der Waals surface area contributed by atoms with Gasteiger partial charge >= 0.3 is 0 Å². The third kappa shape index (κ3) is 5.08. The number of nitrogens with zero attached hydrogens (tertiary/aromatic N) is 3. The molecule has 4 aromatic rings. The Kier molecular flexibility index (Phi) is 7.96. The van der Waals surface area contributed by atoms with Crippen molar-refractivity contribution in [2.24, 2.45) is 0 Å². The second-order valence-corrected chi connectivity index (χ2v) is 12.0. The van der Waals surface area contributed by atoms with Gasteiger partial charge in [0, 0.05) is 18.5 Å². The summed E-state index contributed by atoms with van der Waals surface area (Å²) in [7, 11) is -4.48. The normalized spacial score (nSPS) is 13.3. The second kappa shape index (κ2) is 11.6. The number of unbranched alkanes of at least 4 members (excludes halogenated alkanes) is 1. The molecule has 42 heavy (non-hydrogen) atoms. The van der Waals surface area contributed by atoms with E-state index in [2.05, 4.69) is 16.4 Å². The molecular formula is C32H30N4O5S. The van der Waals surface area contributed by atoms with Crippen LogP contribution in [0.15, 0.2) is 81.3 Å². The Morgan fingerprint density at radius 1 is 1.05 bits per heavy atom. The number of sulfone groups is 1. The van der Waals surface area contributed by atoms with E-state index in [0.717, 1.165) is 17.5 Å². The molecule has 3 aromatic carbocycles. The van der Waals surface area contributed by atoms with Crippen molar-refractivity contribution in [3.05, 3.63) is 105 Å². The van der Waals surface area contributed by atoms with Gasteiger partial charge in [0.15, 0.2) is 4.90 Å². The van der Waals surface area contributed by atoms with Crippen LogP contribution in [0, 0.1) is 11.3 Å². The lowest BCUT2D eigenvalue weighted by Gasteiger charge is -2.23. The minimum atomic E-state index is -4.48. The third-order valence-corrected chi connectivity index (χ3v) is 9.36. The van der Waals surface area contributed by atoms with Crippen molar-refractivity contribution in [3.8, 4) is 23.1 Å². The monoisotopic (exact) mass is 582 g/mol. The second-order valence-electron chi connectivity index (χ2n) is 10.2. The highest BCUT2D eigenvalue weighted by Crippen LogP contribution is 2.32. The fraction of sp³-hybridized carbons (Fsp3) is 0.250. The fourth-order valence-electron chi connectivity index (χ4n) is 5.46. The summed E-state index contributed by atoms with van der Waals surface area (Å²) >= 11 is 0. The Labute approximate surface area is 244 Å². The highest BCUT2D eigenvalue weighted by Gasteiger charge is 2.32. The molecule has 0 saturated carbocycles. The number of carbonyl (C=O) groups excluding carboxylic acids is 1. The van der Waals surface area contributed by atoms with Crippen LogP contribution in [0.25, 0.3) is 11.1 Å². The number of hydrogen-bond acceptors (Lipinski definition) is 7. The summed E-state index contributed by atoms with van der Waals surface area (Å²) in [4.78, 5) is 29.4. The van der Waals surface area contributed by atoms with Crippen LogP contribution in [0.3, 0.4) is 0 Å². The zero-order valence-corrected chi connectivity index (χ0v) is 24.1. The van der Waals surface area contributed by atoms with E-state index in [1.807, 2.05) is 19.9 Å². The average Bonchev–Trinajstić information content (AvgIpc) is 3.38. The quantitative estimate of drug-likeness (QED) is 0.286. The summed E-state index contributed by atoms with van der Waals surface area (Å²) in [5.74, 6) is -0.709. The number of hydrogen-bond donors (Lipinski definition) is 2.